The van der Waals surface area contributed by atoms with E-state index in [4.69, 9.17) is 30.8 Å². The number of aromatic nitrogens is 2. The summed E-state index contributed by atoms with van der Waals surface area (Å²) in [5.74, 6) is 1.17. The van der Waals surface area contributed by atoms with Crippen LogP contribution in [-0.4, -0.2) is 40.3 Å². The number of likely N-dealkylation sites (tertiary alicyclic amines) is 1. The first-order chi connectivity index (χ1) is 17.8. The summed E-state index contributed by atoms with van der Waals surface area (Å²) in [5.41, 5.74) is 2.68. The molecule has 2 aromatic carbocycles. The smallest absolute Gasteiger partial charge is 0.278 e. The highest BCUT2D eigenvalue weighted by atomic mass is 127. The fraction of sp³-hybridized carbons (Fsp3) is 0.464. The number of hydrogen-bond acceptors (Lipinski definition) is 5. The Kier molecular flexibility index (Phi) is 6.88. The molecule has 196 valence electrons. The fourth-order valence-corrected chi connectivity index (χ4v) is 6.32. The Balaban J connectivity index is 1.15. The van der Waals surface area contributed by atoms with E-state index in [0.29, 0.717) is 28.4 Å². The van der Waals surface area contributed by atoms with E-state index in [1.54, 1.807) is 19.1 Å². The lowest BCUT2D eigenvalue weighted by molar-refractivity contribution is -0.0712. The van der Waals surface area contributed by atoms with E-state index in [2.05, 4.69) is 45.0 Å². The third-order valence-electron chi connectivity index (χ3n) is 7.85. The molecular weight excluding hydrogens is 608 g/mol. The lowest BCUT2D eigenvalue weighted by Gasteiger charge is -2.33. The first-order valence-corrected chi connectivity index (χ1v) is 14.3. The van der Waals surface area contributed by atoms with Crippen LogP contribution in [0.2, 0.25) is 5.02 Å². The van der Waals surface area contributed by atoms with E-state index in [1.807, 2.05) is 12.1 Å². The molecule has 0 aliphatic carbocycles. The predicted octanol–water partition coefficient (Wildman–Crippen LogP) is 6.40. The van der Waals surface area contributed by atoms with Gasteiger partial charge < -0.3 is 18.8 Å². The van der Waals surface area contributed by atoms with Gasteiger partial charge in [-0.25, -0.2) is 9.37 Å². The molecule has 0 unspecified atom stereocenters. The monoisotopic (exact) mass is 637 g/mol. The van der Waals surface area contributed by atoms with Gasteiger partial charge in [-0.3, -0.25) is 4.90 Å². The number of benzene rings is 2. The molecule has 4 heterocycles. The first-order valence-electron chi connectivity index (χ1n) is 12.8. The second-order valence-corrected chi connectivity index (χ2v) is 11.8. The Morgan fingerprint density at radius 1 is 1.16 bits per heavy atom. The minimum absolute atomic E-state index is 0.308. The number of nitrogens with zero attached hydrogens (tertiary/aromatic N) is 3. The number of halogens is 3. The normalized spacial score (nSPS) is 23.9. The standard InChI is InChI=1S/C28H30ClFIN3O3/c1-17-27(31)32-25(34(17)15-20-10-13-35-20)16-33-11-8-18(9-12-33)21-4-3-5-24-26(21)37-28(2,36-24)22-7-6-19(29)14-23(22)30/h3-7,14,18,20H,8-13,15-16H2,1-2H3/t20-,28-/m0/s1. The second kappa shape index (κ2) is 10.0. The number of hydrogen-bond donors (Lipinski definition) is 0. The Morgan fingerprint density at radius 3 is 2.65 bits per heavy atom. The Hall–Kier alpha value is -1.88. The van der Waals surface area contributed by atoms with Gasteiger partial charge in [-0.2, -0.15) is 0 Å². The second-order valence-electron chi connectivity index (χ2n) is 10.3. The van der Waals surface area contributed by atoms with Gasteiger partial charge in [-0.05, 0) is 92.0 Å². The van der Waals surface area contributed by atoms with E-state index in [1.165, 1.54) is 11.8 Å². The first kappa shape index (κ1) is 25.4. The van der Waals surface area contributed by atoms with Crippen molar-refractivity contribution in [3.05, 3.63) is 73.6 Å². The lowest BCUT2D eigenvalue weighted by atomic mass is 9.88. The molecule has 6 nitrogen and oxygen atoms in total. The van der Waals surface area contributed by atoms with Crippen LogP contribution in [0.5, 0.6) is 11.5 Å². The molecule has 0 radical (unpaired) electrons. The van der Waals surface area contributed by atoms with E-state index in [-0.39, 0.29) is 0 Å². The molecule has 0 spiro atoms. The summed E-state index contributed by atoms with van der Waals surface area (Å²) in [5, 5.41) is 0.344. The van der Waals surface area contributed by atoms with Crippen molar-refractivity contribution in [2.75, 3.05) is 19.7 Å². The fourth-order valence-electron chi connectivity index (χ4n) is 5.59. The number of rotatable bonds is 6. The molecule has 0 N–H and O–H groups in total. The number of piperidine rings is 1. The molecule has 2 fully saturated rings. The van der Waals surface area contributed by atoms with Crippen molar-refractivity contribution in [2.24, 2.45) is 0 Å². The SMILES string of the molecule is Cc1c(I)nc(CN2CCC(c3cccc4c3O[C@@](C)(c3ccc(Cl)cc3F)O4)CC2)n1C[C@@H]1CCO1. The lowest BCUT2D eigenvalue weighted by Crippen LogP contribution is -2.35. The molecule has 2 saturated heterocycles. The predicted molar refractivity (Wildman–Crippen MR) is 148 cm³/mol. The van der Waals surface area contributed by atoms with Crippen molar-refractivity contribution in [1.82, 2.24) is 14.5 Å². The number of imidazole rings is 1. The molecule has 0 saturated carbocycles. The molecule has 3 aromatic rings. The molecule has 3 aliphatic rings. The number of ether oxygens (including phenoxy) is 3. The summed E-state index contributed by atoms with van der Waals surface area (Å²) in [4.78, 5) is 7.36. The van der Waals surface area contributed by atoms with Gasteiger partial charge in [-0.1, -0.05) is 23.7 Å². The highest BCUT2D eigenvalue weighted by Crippen LogP contribution is 2.49. The molecule has 3 aliphatic heterocycles. The molecule has 1 aromatic heterocycles. The van der Waals surface area contributed by atoms with Crippen LogP contribution in [0.3, 0.4) is 0 Å². The summed E-state index contributed by atoms with van der Waals surface area (Å²) in [6, 6.07) is 10.6. The minimum Gasteiger partial charge on any atom is -0.444 e. The molecular formula is C28H30ClFIN3O3. The highest BCUT2D eigenvalue weighted by molar-refractivity contribution is 14.1. The topological polar surface area (TPSA) is 48.8 Å². The van der Waals surface area contributed by atoms with Crippen LogP contribution < -0.4 is 9.47 Å². The number of fused-ring (bicyclic) bond motifs is 1. The zero-order valence-corrected chi connectivity index (χ0v) is 23.9. The van der Waals surface area contributed by atoms with Crippen molar-refractivity contribution >= 4 is 34.2 Å². The zero-order valence-electron chi connectivity index (χ0n) is 21.0. The molecule has 37 heavy (non-hydrogen) atoms. The maximum atomic E-state index is 14.7. The molecule has 0 bridgehead atoms. The maximum Gasteiger partial charge on any atom is 0.278 e. The Bertz CT molecular complexity index is 1320. The molecule has 0 amide bonds. The van der Waals surface area contributed by atoms with E-state index in [9.17, 15) is 4.39 Å². The van der Waals surface area contributed by atoms with Crippen LogP contribution in [0.1, 0.15) is 54.7 Å². The summed E-state index contributed by atoms with van der Waals surface area (Å²) in [6.45, 7) is 8.43. The Labute approximate surface area is 235 Å². The van der Waals surface area contributed by atoms with E-state index < -0.39 is 11.6 Å². The summed E-state index contributed by atoms with van der Waals surface area (Å²) >= 11 is 8.29. The van der Waals surface area contributed by atoms with Gasteiger partial charge >= 0.3 is 0 Å². The van der Waals surface area contributed by atoms with Crippen LogP contribution >= 0.6 is 34.2 Å². The molecule has 6 rings (SSSR count). The highest BCUT2D eigenvalue weighted by Gasteiger charge is 2.43. The van der Waals surface area contributed by atoms with Gasteiger partial charge in [-0.15, -0.1) is 0 Å². The van der Waals surface area contributed by atoms with Crippen molar-refractivity contribution in [1.29, 1.82) is 0 Å². The van der Waals surface area contributed by atoms with Crippen molar-refractivity contribution in [3.8, 4) is 11.5 Å². The van der Waals surface area contributed by atoms with Crippen molar-refractivity contribution in [3.63, 3.8) is 0 Å². The summed E-state index contributed by atoms with van der Waals surface area (Å²) < 4.78 is 36.3. The zero-order chi connectivity index (χ0) is 25.7. The minimum atomic E-state index is -1.23. The Morgan fingerprint density at radius 2 is 1.95 bits per heavy atom. The summed E-state index contributed by atoms with van der Waals surface area (Å²) in [6.07, 6.45) is 3.45. The van der Waals surface area contributed by atoms with Crippen LogP contribution in [0.15, 0.2) is 36.4 Å². The maximum absolute atomic E-state index is 14.7. The van der Waals surface area contributed by atoms with Gasteiger partial charge in [0.25, 0.3) is 5.79 Å². The van der Waals surface area contributed by atoms with Gasteiger partial charge in [0, 0.05) is 29.8 Å². The average molecular weight is 638 g/mol. The van der Waals surface area contributed by atoms with Crippen LogP contribution in [0.4, 0.5) is 4.39 Å². The van der Waals surface area contributed by atoms with Crippen LogP contribution in [0.25, 0.3) is 0 Å². The molecule has 9 heteroatoms. The van der Waals surface area contributed by atoms with Gasteiger partial charge in [0.05, 0.1) is 24.8 Å². The average Bonchev–Trinajstić information content (AvgIpc) is 3.32. The quantitative estimate of drug-likeness (QED) is 0.293. The summed E-state index contributed by atoms with van der Waals surface area (Å²) in [7, 11) is 0. The van der Waals surface area contributed by atoms with Gasteiger partial charge in [0.15, 0.2) is 11.5 Å². The third-order valence-corrected chi connectivity index (χ3v) is 9.10. The van der Waals surface area contributed by atoms with Crippen molar-refractivity contribution < 1.29 is 18.6 Å². The number of para-hydroxylation sites is 1. The van der Waals surface area contributed by atoms with E-state index >= 15 is 0 Å². The van der Waals surface area contributed by atoms with Crippen LogP contribution in [-0.2, 0) is 23.6 Å². The van der Waals surface area contributed by atoms with Gasteiger partial charge in [0.1, 0.15) is 15.3 Å². The van der Waals surface area contributed by atoms with Gasteiger partial charge in [0.2, 0.25) is 0 Å². The van der Waals surface area contributed by atoms with Crippen molar-refractivity contribution in [2.45, 2.75) is 64.0 Å². The van der Waals surface area contributed by atoms with E-state index in [0.717, 1.165) is 72.9 Å². The molecule has 2 atom stereocenters. The largest absolute Gasteiger partial charge is 0.444 e. The van der Waals surface area contributed by atoms with Crippen LogP contribution in [0, 0.1) is 16.4 Å². The third kappa shape index (κ3) is 4.86.